The third-order valence-corrected chi connectivity index (χ3v) is 3.23. The summed E-state index contributed by atoms with van der Waals surface area (Å²) in [7, 11) is 1.32. The van der Waals surface area contributed by atoms with Crippen molar-refractivity contribution in [1.82, 2.24) is 0 Å². The predicted octanol–water partition coefficient (Wildman–Crippen LogP) is 2.74. The van der Waals surface area contributed by atoms with Gasteiger partial charge in [-0.15, -0.1) is 0 Å². The molecule has 0 spiro atoms. The Labute approximate surface area is 117 Å². The van der Waals surface area contributed by atoms with Crippen LogP contribution in [-0.2, 0) is 9.53 Å². The lowest BCUT2D eigenvalue weighted by molar-refractivity contribution is -0.109. The minimum Gasteiger partial charge on any atom is -0.465 e. The molecule has 0 aliphatic heterocycles. The van der Waals surface area contributed by atoms with Gasteiger partial charge in [0.1, 0.15) is 0 Å². The number of methoxy groups -OCH3 is 1. The van der Waals surface area contributed by atoms with E-state index in [4.69, 9.17) is 5.73 Å². The molecule has 0 amide bonds. The summed E-state index contributed by atoms with van der Waals surface area (Å²) in [5.74, 6) is 0.326. The Morgan fingerprint density at radius 1 is 1.42 bits per heavy atom. The molecule has 102 valence electrons. The van der Waals surface area contributed by atoms with Crippen molar-refractivity contribution in [2.24, 2.45) is 0 Å². The molecule has 0 aromatic heterocycles. The fraction of sp³-hybridized carbons (Fsp3) is 0.286. The number of carbonyl (C=O) groups is 2. The number of hydrogen-bond donors (Lipinski definition) is 1. The van der Waals surface area contributed by atoms with E-state index in [0.29, 0.717) is 11.3 Å². The predicted molar refractivity (Wildman–Crippen MR) is 79.0 cm³/mol. The molecule has 0 saturated carbocycles. The highest BCUT2D eigenvalue weighted by Crippen LogP contribution is 2.16. The molecule has 0 aliphatic rings. The Morgan fingerprint density at radius 3 is 2.74 bits per heavy atom. The van der Waals surface area contributed by atoms with Crippen LogP contribution >= 0.6 is 11.8 Å². The topological polar surface area (TPSA) is 69.4 Å². The van der Waals surface area contributed by atoms with Crippen molar-refractivity contribution in [1.29, 1.82) is 0 Å². The summed E-state index contributed by atoms with van der Waals surface area (Å²) in [5.41, 5.74) is 7.46. The van der Waals surface area contributed by atoms with Crippen LogP contribution in [0.2, 0.25) is 0 Å². The largest absolute Gasteiger partial charge is 0.465 e. The van der Waals surface area contributed by atoms with Gasteiger partial charge in [-0.2, -0.15) is 0 Å². The second-order valence-corrected chi connectivity index (χ2v) is 5.14. The van der Waals surface area contributed by atoms with E-state index in [1.54, 1.807) is 25.1 Å². The fourth-order valence-electron chi connectivity index (χ4n) is 1.47. The number of rotatable bonds is 5. The molecule has 2 N–H and O–H groups in total. The lowest BCUT2D eigenvalue weighted by Gasteiger charge is -2.04. The molecule has 0 unspecified atom stereocenters. The third kappa shape index (κ3) is 5.18. The molecule has 1 aromatic rings. The maximum atomic E-state index is 11.4. The van der Waals surface area contributed by atoms with E-state index in [9.17, 15) is 9.59 Å². The Balaban J connectivity index is 2.61. The third-order valence-electron chi connectivity index (χ3n) is 2.38. The first-order valence-electron chi connectivity index (χ1n) is 5.82. The fourth-order valence-corrected chi connectivity index (χ4v) is 2.01. The Hall–Kier alpha value is -1.75. The minimum absolute atomic E-state index is 0.125. The van der Waals surface area contributed by atoms with Crippen molar-refractivity contribution >= 4 is 34.6 Å². The van der Waals surface area contributed by atoms with Crippen LogP contribution < -0.4 is 5.73 Å². The number of anilines is 1. The number of benzene rings is 1. The number of esters is 1. The molecular weight excluding hydrogens is 262 g/mol. The van der Waals surface area contributed by atoms with E-state index >= 15 is 0 Å². The standard InChI is InChI=1S/C14H17NO3S/c1-10(16)19-8-4-3-5-11-6-7-12(13(15)9-11)14(17)18-2/h3,5-7,9H,4,8,15H2,1-2H3. The molecule has 0 saturated heterocycles. The van der Waals surface area contributed by atoms with Crippen LogP contribution in [0.15, 0.2) is 24.3 Å². The molecule has 0 bridgehead atoms. The van der Waals surface area contributed by atoms with Crippen molar-refractivity contribution in [3.8, 4) is 0 Å². The molecule has 0 fully saturated rings. The minimum atomic E-state index is -0.439. The molecule has 19 heavy (non-hydrogen) atoms. The number of nitrogen functional groups attached to an aromatic ring is 1. The van der Waals surface area contributed by atoms with Gasteiger partial charge in [-0.05, 0) is 24.1 Å². The average Bonchev–Trinajstić information content (AvgIpc) is 2.37. The number of carbonyl (C=O) groups excluding carboxylic acids is 2. The van der Waals surface area contributed by atoms with E-state index in [2.05, 4.69) is 4.74 Å². The van der Waals surface area contributed by atoms with Gasteiger partial charge < -0.3 is 10.5 Å². The summed E-state index contributed by atoms with van der Waals surface area (Å²) >= 11 is 1.30. The lowest BCUT2D eigenvalue weighted by Crippen LogP contribution is -2.05. The normalized spacial score (nSPS) is 10.6. The first-order valence-corrected chi connectivity index (χ1v) is 6.81. The molecule has 5 heteroatoms. The van der Waals surface area contributed by atoms with E-state index in [1.807, 2.05) is 12.2 Å². The maximum Gasteiger partial charge on any atom is 0.339 e. The van der Waals surface area contributed by atoms with Crippen LogP contribution in [0.3, 0.4) is 0 Å². The zero-order valence-electron chi connectivity index (χ0n) is 11.0. The van der Waals surface area contributed by atoms with Crippen LogP contribution in [0, 0.1) is 0 Å². The molecule has 0 atom stereocenters. The highest BCUT2D eigenvalue weighted by molar-refractivity contribution is 8.13. The lowest BCUT2D eigenvalue weighted by atomic mass is 10.1. The summed E-state index contributed by atoms with van der Waals surface area (Å²) in [4.78, 5) is 22.1. The second-order valence-electron chi connectivity index (χ2n) is 3.87. The number of nitrogens with two attached hydrogens (primary N) is 1. The first-order chi connectivity index (χ1) is 9.04. The van der Waals surface area contributed by atoms with Gasteiger partial charge in [-0.25, -0.2) is 4.79 Å². The number of allylic oxidation sites excluding steroid dienone is 1. The quantitative estimate of drug-likeness (QED) is 0.510. The van der Waals surface area contributed by atoms with Gasteiger partial charge in [0.15, 0.2) is 5.12 Å². The Morgan fingerprint density at radius 2 is 2.16 bits per heavy atom. The molecule has 0 heterocycles. The molecule has 0 aliphatic carbocycles. The summed E-state index contributed by atoms with van der Waals surface area (Å²) in [6, 6.07) is 5.17. The van der Waals surface area contributed by atoms with Crippen molar-refractivity contribution < 1.29 is 14.3 Å². The first kappa shape index (κ1) is 15.3. The molecular formula is C14H17NO3S. The van der Waals surface area contributed by atoms with E-state index in [-0.39, 0.29) is 5.12 Å². The monoisotopic (exact) mass is 279 g/mol. The molecule has 1 rings (SSSR count). The summed E-state index contributed by atoms with van der Waals surface area (Å²) in [6.45, 7) is 1.56. The molecule has 0 radical (unpaired) electrons. The van der Waals surface area contributed by atoms with Crippen molar-refractivity contribution in [2.45, 2.75) is 13.3 Å². The molecule has 4 nitrogen and oxygen atoms in total. The van der Waals surface area contributed by atoms with Gasteiger partial charge in [0, 0.05) is 18.4 Å². The van der Waals surface area contributed by atoms with Crippen LogP contribution in [0.5, 0.6) is 0 Å². The van der Waals surface area contributed by atoms with Crippen molar-refractivity contribution in [3.63, 3.8) is 0 Å². The zero-order valence-corrected chi connectivity index (χ0v) is 11.8. The smallest absolute Gasteiger partial charge is 0.339 e. The SMILES string of the molecule is COC(=O)c1ccc(C=CCCSC(C)=O)cc1N. The number of thioether (sulfide) groups is 1. The van der Waals surface area contributed by atoms with Crippen LogP contribution in [0.25, 0.3) is 6.08 Å². The van der Waals surface area contributed by atoms with Gasteiger partial charge >= 0.3 is 5.97 Å². The van der Waals surface area contributed by atoms with Gasteiger partial charge in [0.2, 0.25) is 0 Å². The van der Waals surface area contributed by atoms with Gasteiger partial charge in [-0.3, -0.25) is 4.79 Å². The van der Waals surface area contributed by atoms with Gasteiger partial charge in [0.25, 0.3) is 0 Å². The maximum absolute atomic E-state index is 11.4. The number of ether oxygens (including phenoxy) is 1. The zero-order chi connectivity index (χ0) is 14.3. The van der Waals surface area contributed by atoms with E-state index < -0.39 is 5.97 Å². The summed E-state index contributed by atoms with van der Waals surface area (Å²) < 4.78 is 4.62. The van der Waals surface area contributed by atoms with Crippen molar-refractivity contribution in [3.05, 3.63) is 35.4 Å². The van der Waals surface area contributed by atoms with E-state index in [0.717, 1.165) is 17.7 Å². The van der Waals surface area contributed by atoms with Crippen LogP contribution in [-0.4, -0.2) is 23.9 Å². The average molecular weight is 279 g/mol. The van der Waals surface area contributed by atoms with Crippen LogP contribution in [0.1, 0.15) is 29.3 Å². The number of hydrogen-bond acceptors (Lipinski definition) is 5. The Bertz CT molecular complexity index is 497. The van der Waals surface area contributed by atoms with Gasteiger partial charge in [-0.1, -0.05) is 30.0 Å². The Kier molecular flexibility index (Phi) is 6.15. The molecule has 1 aromatic carbocycles. The second kappa shape index (κ2) is 7.63. The van der Waals surface area contributed by atoms with Crippen molar-refractivity contribution in [2.75, 3.05) is 18.6 Å². The highest BCUT2D eigenvalue weighted by Gasteiger charge is 2.08. The highest BCUT2D eigenvalue weighted by atomic mass is 32.2. The van der Waals surface area contributed by atoms with E-state index in [1.165, 1.54) is 18.9 Å². The summed E-state index contributed by atoms with van der Waals surface area (Å²) in [6.07, 6.45) is 4.70. The van der Waals surface area contributed by atoms with Crippen LogP contribution in [0.4, 0.5) is 5.69 Å². The van der Waals surface area contributed by atoms with Gasteiger partial charge in [0.05, 0.1) is 12.7 Å². The summed E-state index contributed by atoms with van der Waals surface area (Å²) in [5, 5.41) is 0.125.